The molecule has 0 aliphatic rings. The molecule has 2 aromatic rings. The molecule has 2 rings (SSSR count). The third-order valence-electron chi connectivity index (χ3n) is 2.57. The molecule has 0 bridgehead atoms. The van der Waals surface area contributed by atoms with Crippen molar-refractivity contribution >= 4 is 5.91 Å². The van der Waals surface area contributed by atoms with Crippen LogP contribution in [0.1, 0.15) is 10.4 Å². The normalized spacial score (nSPS) is 11.6. The largest absolute Gasteiger partial charge is 0.507 e. The van der Waals surface area contributed by atoms with Gasteiger partial charge in [-0.05, 0) is 18.2 Å². The van der Waals surface area contributed by atoms with Gasteiger partial charge in [-0.15, -0.1) is 0 Å². The van der Waals surface area contributed by atoms with Crippen molar-refractivity contribution in [2.45, 2.75) is 12.7 Å². The van der Waals surface area contributed by atoms with Crippen LogP contribution in [0.5, 0.6) is 5.75 Å². The zero-order valence-corrected chi connectivity index (χ0v) is 10.1. The Balaban J connectivity index is 2.31. The minimum absolute atomic E-state index is 0.105. The molecule has 8 heteroatoms. The van der Waals surface area contributed by atoms with Crippen molar-refractivity contribution in [1.82, 2.24) is 9.78 Å². The van der Waals surface area contributed by atoms with Gasteiger partial charge >= 0.3 is 6.18 Å². The lowest BCUT2D eigenvalue weighted by Crippen LogP contribution is -2.17. The number of aromatic hydroxyl groups is 1. The molecule has 5 nitrogen and oxygen atoms in total. The maximum absolute atomic E-state index is 12.2. The Morgan fingerprint density at radius 2 is 2.10 bits per heavy atom. The number of alkyl halides is 3. The highest BCUT2D eigenvalue weighted by molar-refractivity contribution is 5.94. The maximum Gasteiger partial charge on any atom is 0.408 e. The first kappa shape index (κ1) is 13.9. The van der Waals surface area contributed by atoms with Crippen molar-refractivity contribution in [1.29, 1.82) is 0 Å². The van der Waals surface area contributed by atoms with E-state index in [1.807, 2.05) is 0 Å². The summed E-state index contributed by atoms with van der Waals surface area (Å²) in [6.07, 6.45) is -2.02. The van der Waals surface area contributed by atoms with E-state index in [-0.39, 0.29) is 16.9 Å². The molecule has 0 unspecified atom stereocenters. The van der Waals surface area contributed by atoms with Gasteiger partial charge in [0.05, 0.1) is 6.20 Å². The standard InChI is InChI=1S/C12H10F3N3O2/c13-12(14,15)6-18-5-8(4-17-18)9-2-1-7(11(16)20)3-10(9)19/h1-5,19H,6H2,(H2,16,20). The highest BCUT2D eigenvalue weighted by Gasteiger charge is 2.28. The molecule has 0 radical (unpaired) electrons. The fraction of sp³-hybridized carbons (Fsp3) is 0.167. The van der Waals surface area contributed by atoms with Crippen LogP contribution in [0.2, 0.25) is 0 Å². The Morgan fingerprint density at radius 1 is 1.40 bits per heavy atom. The van der Waals surface area contributed by atoms with Crippen molar-refractivity contribution in [2.75, 3.05) is 0 Å². The van der Waals surface area contributed by atoms with Gasteiger partial charge in [0, 0.05) is 22.9 Å². The fourth-order valence-corrected chi connectivity index (χ4v) is 1.70. The average Bonchev–Trinajstić information content (AvgIpc) is 2.74. The molecule has 1 heterocycles. The number of benzene rings is 1. The minimum atomic E-state index is -4.37. The quantitative estimate of drug-likeness (QED) is 0.904. The number of carbonyl (C=O) groups excluding carboxylic acids is 1. The minimum Gasteiger partial charge on any atom is -0.507 e. The number of rotatable bonds is 3. The van der Waals surface area contributed by atoms with Crippen molar-refractivity contribution in [3.05, 3.63) is 36.2 Å². The zero-order chi connectivity index (χ0) is 14.9. The van der Waals surface area contributed by atoms with Crippen LogP contribution in [-0.4, -0.2) is 27.0 Å². The van der Waals surface area contributed by atoms with E-state index in [0.717, 1.165) is 16.9 Å². The first-order chi connectivity index (χ1) is 9.26. The summed E-state index contributed by atoms with van der Waals surface area (Å²) < 4.78 is 37.4. The summed E-state index contributed by atoms with van der Waals surface area (Å²) in [6, 6.07) is 3.92. The number of carbonyl (C=O) groups is 1. The van der Waals surface area contributed by atoms with Crippen molar-refractivity contribution < 1.29 is 23.1 Å². The van der Waals surface area contributed by atoms with E-state index >= 15 is 0 Å². The van der Waals surface area contributed by atoms with Crippen LogP contribution in [0.4, 0.5) is 13.2 Å². The second kappa shape index (κ2) is 4.87. The number of hydrogen-bond donors (Lipinski definition) is 2. The Hall–Kier alpha value is -2.51. The van der Waals surface area contributed by atoms with Gasteiger partial charge in [0.25, 0.3) is 0 Å². The Bertz CT molecular complexity index is 650. The molecule has 0 spiro atoms. The molecule has 3 N–H and O–H groups in total. The number of hydrogen-bond acceptors (Lipinski definition) is 3. The third kappa shape index (κ3) is 3.08. The number of nitrogens with zero attached hydrogens (tertiary/aromatic N) is 2. The van der Waals surface area contributed by atoms with Crippen molar-refractivity contribution in [3.8, 4) is 16.9 Å². The molecule has 106 valence electrons. The van der Waals surface area contributed by atoms with Gasteiger partial charge in [0.15, 0.2) is 0 Å². The van der Waals surface area contributed by atoms with Gasteiger partial charge in [-0.1, -0.05) is 0 Å². The van der Waals surface area contributed by atoms with Crippen molar-refractivity contribution in [3.63, 3.8) is 0 Å². The number of primary amides is 1. The van der Waals surface area contributed by atoms with Gasteiger partial charge in [0.1, 0.15) is 12.3 Å². The summed E-state index contributed by atoms with van der Waals surface area (Å²) in [4.78, 5) is 10.9. The maximum atomic E-state index is 12.2. The number of phenolic OH excluding ortho intramolecular Hbond substituents is 1. The smallest absolute Gasteiger partial charge is 0.408 e. The molecule has 0 aliphatic heterocycles. The summed E-state index contributed by atoms with van der Waals surface area (Å²) in [5.41, 5.74) is 5.73. The second-order valence-corrected chi connectivity index (χ2v) is 4.14. The van der Waals surface area contributed by atoms with Crippen LogP contribution in [0.15, 0.2) is 30.6 Å². The van der Waals surface area contributed by atoms with Crippen LogP contribution in [0.3, 0.4) is 0 Å². The first-order valence-corrected chi connectivity index (χ1v) is 5.48. The van der Waals surface area contributed by atoms with E-state index in [0.29, 0.717) is 5.56 Å². The van der Waals surface area contributed by atoms with Crippen molar-refractivity contribution in [2.24, 2.45) is 5.73 Å². The molecule has 0 aliphatic carbocycles. The molecule has 0 saturated carbocycles. The predicted molar refractivity (Wildman–Crippen MR) is 63.9 cm³/mol. The Morgan fingerprint density at radius 3 is 2.65 bits per heavy atom. The molecule has 1 aromatic carbocycles. The van der Waals surface area contributed by atoms with Gasteiger partial charge in [-0.25, -0.2) is 0 Å². The zero-order valence-electron chi connectivity index (χ0n) is 10.1. The van der Waals surface area contributed by atoms with Crippen LogP contribution in [0.25, 0.3) is 11.1 Å². The highest BCUT2D eigenvalue weighted by atomic mass is 19.4. The summed E-state index contributed by atoms with van der Waals surface area (Å²) in [7, 11) is 0. The molecule has 1 amide bonds. The van der Waals surface area contributed by atoms with Crippen LogP contribution < -0.4 is 5.73 Å². The molecule has 1 aromatic heterocycles. The summed E-state index contributed by atoms with van der Waals surface area (Å²) in [6.45, 7) is -1.22. The first-order valence-electron chi connectivity index (χ1n) is 5.48. The molecule has 20 heavy (non-hydrogen) atoms. The number of nitrogens with two attached hydrogens (primary N) is 1. The second-order valence-electron chi connectivity index (χ2n) is 4.14. The summed E-state index contributed by atoms with van der Waals surface area (Å²) in [5, 5.41) is 13.3. The summed E-state index contributed by atoms with van der Waals surface area (Å²) >= 11 is 0. The van der Waals surface area contributed by atoms with E-state index in [1.165, 1.54) is 18.3 Å². The number of phenols is 1. The topological polar surface area (TPSA) is 81.1 Å². The van der Waals surface area contributed by atoms with E-state index in [9.17, 15) is 23.1 Å². The monoisotopic (exact) mass is 285 g/mol. The van der Waals surface area contributed by atoms with Crippen LogP contribution >= 0.6 is 0 Å². The third-order valence-corrected chi connectivity index (χ3v) is 2.57. The molecular formula is C12H10F3N3O2. The molecule has 0 fully saturated rings. The average molecular weight is 285 g/mol. The lowest BCUT2D eigenvalue weighted by Gasteiger charge is -2.05. The summed E-state index contributed by atoms with van der Waals surface area (Å²) in [5.74, 6) is -0.965. The Labute approximate surface area is 111 Å². The fourth-order valence-electron chi connectivity index (χ4n) is 1.70. The SMILES string of the molecule is NC(=O)c1ccc(-c2cnn(CC(F)(F)F)c2)c(O)c1. The molecular weight excluding hydrogens is 275 g/mol. The number of aromatic nitrogens is 2. The van der Waals surface area contributed by atoms with Crippen LogP contribution in [-0.2, 0) is 6.54 Å². The molecule has 0 saturated heterocycles. The predicted octanol–water partition coefficient (Wildman–Crippen LogP) is 1.92. The van der Waals surface area contributed by atoms with E-state index in [1.54, 1.807) is 0 Å². The number of amides is 1. The van der Waals surface area contributed by atoms with Crippen LogP contribution in [0, 0.1) is 0 Å². The number of halogens is 3. The lowest BCUT2D eigenvalue weighted by molar-refractivity contribution is -0.142. The van der Waals surface area contributed by atoms with Gasteiger partial charge in [-0.3, -0.25) is 9.48 Å². The Kier molecular flexibility index (Phi) is 3.39. The highest BCUT2D eigenvalue weighted by Crippen LogP contribution is 2.30. The lowest BCUT2D eigenvalue weighted by atomic mass is 10.1. The van der Waals surface area contributed by atoms with E-state index < -0.39 is 18.6 Å². The van der Waals surface area contributed by atoms with Gasteiger partial charge < -0.3 is 10.8 Å². The van der Waals surface area contributed by atoms with E-state index in [2.05, 4.69) is 5.10 Å². The van der Waals surface area contributed by atoms with Gasteiger partial charge in [0.2, 0.25) is 5.91 Å². The van der Waals surface area contributed by atoms with E-state index in [4.69, 9.17) is 5.73 Å². The molecule has 0 atom stereocenters. The van der Waals surface area contributed by atoms with Gasteiger partial charge in [-0.2, -0.15) is 18.3 Å².